The average molecular weight is 195 g/mol. The first-order chi connectivity index (χ1) is 2.41. The first kappa shape index (κ1) is 9.10. The molecular weight excluding hydrogens is 193 g/mol. The fraction of sp³-hybridized carbons (Fsp3) is 0. The van der Waals surface area contributed by atoms with Gasteiger partial charge in [-0.25, -0.2) is 5.32 Å². The molecule has 0 atom stereocenters. The van der Waals surface area contributed by atoms with Crippen LogP contribution in [0.15, 0.2) is 0 Å². The minimum atomic E-state index is 0. The Morgan fingerprint density at radius 3 is 1.50 bits per heavy atom. The van der Waals surface area contributed by atoms with E-state index in [9.17, 15) is 0 Å². The van der Waals surface area contributed by atoms with Gasteiger partial charge >= 0.3 is 0 Å². The molecule has 0 spiro atoms. The van der Waals surface area contributed by atoms with Gasteiger partial charge in [-0.15, -0.1) is 24.0 Å². The van der Waals surface area contributed by atoms with Crippen molar-refractivity contribution in [1.29, 1.82) is 10.5 Å². The normalized spacial score (nSPS) is 3.00. The van der Waals surface area contributed by atoms with E-state index in [0.717, 1.165) is 0 Å². The molecule has 0 saturated carbocycles. The molecule has 0 saturated heterocycles. The highest BCUT2D eigenvalue weighted by Crippen LogP contribution is 1.28. The zero-order chi connectivity index (χ0) is 4.12. The Balaban J connectivity index is 0. The summed E-state index contributed by atoms with van der Waals surface area (Å²) < 4.78 is 0. The van der Waals surface area contributed by atoms with Gasteiger partial charge in [0.25, 0.3) is 0 Å². The van der Waals surface area contributed by atoms with Crippen LogP contribution in [0, 0.1) is 22.9 Å². The highest BCUT2D eigenvalue weighted by atomic mass is 127. The predicted molar refractivity (Wildman–Crippen MR) is 29.8 cm³/mol. The number of nitriles is 2. The average Bonchev–Trinajstić information content (AvgIpc) is 1.41. The number of nitrogens with zero attached hydrogens (tertiary/aromatic N) is 2. The molecule has 3 nitrogen and oxygen atoms in total. The molecule has 0 aromatic heterocycles. The lowest BCUT2D eigenvalue weighted by Crippen LogP contribution is -1.88. The summed E-state index contributed by atoms with van der Waals surface area (Å²) >= 11 is 0. The lowest BCUT2D eigenvalue weighted by molar-refractivity contribution is 1.20. The van der Waals surface area contributed by atoms with Crippen LogP contribution >= 0.6 is 24.0 Å². The van der Waals surface area contributed by atoms with Crippen molar-refractivity contribution >= 4 is 24.0 Å². The van der Waals surface area contributed by atoms with E-state index < -0.39 is 0 Å². The van der Waals surface area contributed by atoms with Crippen LogP contribution in [-0.4, -0.2) is 0 Å². The number of rotatable bonds is 0. The van der Waals surface area contributed by atoms with Gasteiger partial charge < -0.3 is 0 Å². The summed E-state index contributed by atoms with van der Waals surface area (Å²) in [4.78, 5) is 0. The molecule has 0 amide bonds. The molecule has 0 aromatic rings. The van der Waals surface area contributed by atoms with Gasteiger partial charge in [0, 0.05) is 0 Å². The molecule has 32 valence electrons. The molecule has 6 heavy (non-hydrogen) atoms. The zero-order valence-corrected chi connectivity index (χ0v) is 5.13. The van der Waals surface area contributed by atoms with E-state index in [1.807, 2.05) is 0 Å². The van der Waals surface area contributed by atoms with Crippen LogP contribution in [0.25, 0.3) is 0 Å². The van der Waals surface area contributed by atoms with Crippen LogP contribution in [0.3, 0.4) is 0 Å². The Bertz CT molecular complexity index is 73.9. The van der Waals surface area contributed by atoms with Gasteiger partial charge in [0.2, 0.25) is 0 Å². The molecule has 0 aliphatic carbocycles. The van der Waals surface area contributed by atoms with Crippen LogP contribution in [0.4, 0.5) is 0 Å². The highest BCUT2D eigenvalue weighted by molar-refractivity contribution is 14.0. The highest BCUT2D eigenvalue weighted by Gasteiger charge is 1.53. The molecule has 0 heterocycles. The van der Waals surface area contributed by atoms with Gasteiger partial charge in [0.1, 0.15) is 0 Å². The Morgan fingerprint density at radius 2 is 1.50 bits per heavy atom. The van der Waals surface area contributed by atoms with E-state index in [4.69, 9.17) is 10.5 Å². The van der Waals surface area contributed by atoms with Gasteiger partial charge in [-0.3, -0.25) is 0 Å². The second kappa shape index (κ2) is 8.82. The minimum absolute atomic E-state index is 0. The molecule has 0 radical (unpaired) electrons. The van der Waals surface area contributed by atoms with E-state index in [2.05, 4.69) is 0 Å². The van der Waals surface area contributed by atoms with Crippen molar-refractivity contribution in [2.75, 3.05) is 0 Å². The minimum Gasteiger partial charge on any atom is -0.229 e. The topological polar surface area (TPSA) is 59.6 Å². The molecule has 0 aliphatic rings. The number of halogens is 1. The summed E-state index contributed by atoms with van der Waals surface area (Å²) in [6.45, 7) is 0. The fourth-order valence-electron chi connectivity index (χ4n) is 0.0250. The van der Waals surface area contributed by atoms with Crippen LogP contribution in [-0.2, 0) is 0 Å². The molecule has 0 unspecified atom stereocenters. The predicted octanol–water partition coefficient (Wildman–Crippen LogP) is 0.156. The third kappa shape index (κ3) is 9.70. The molecule has 1 N–H and O–H groups in total. The Labute approximate surface area is 52.6 Å². The quantitative estimate of drug-likeness (QED) is 0.340. The molecule has 0 bridgehead atoms. The van der Waals surface area contributed by atoms with E-state index in [-0.39, 0.29) is 24.0 Å². The maximum absolute atomic E-state index is 7.48. The Kier molecular flexibility index (Phi) is 13.4. The van der Waals surface area contributed by atoms with Crippen LogP contribution in [0.2, 0.25) is 0 Å². The summed E-state index contributed by atoms with van der Waals surface area (Å²) in [5, 5.41) is 16.7. The van der Waals surface area contributed by atoms with Crippen molar-refractivity contribution in [2.45, 2.75) is 0 Å². The number of hydrogen-bond acceptors (Lipinski definition) is 3. The first-order valence-corrected chi connectivity index (χ1v) is 0.947. The van der Waals surface area contributed by atoms with Crippen LogP contribution in [0.5, 0.6) is 0 Å². The SMILES string of the molecule is I.N#CNC#N. The van der Waals surface area contributed by atoms with Gasteiger partial charge in [-0.2, -0.15) is 10.5 Å². The van der Waals surface area contributed by atoms with Gasteiger partial charge in [-0.05, 0) is 0 Å². The van der Waals surface area contributed by atoms with Crippen molar-refractivity contribution in [2.24, 2.45) is 0 Å². The number of hydrogen-bond donors (Lipinski definition) is 1. The maximum atomic E-state index is 7.48. The third-order valence-corrected chi connectivity index (χ3v) is 0.112. The van der Waals surface area contributed by atoms with Crippen molar-refractivity contribution in [3.63, 3.8) is 0 Å². The van der Waals surface area contributed by atoms with Crippen molar-refractivity contribution in [1.82, 2.24) is 5.32 Å². The molecule has 0 rings (SSSR count). The van der Waals surface area contributed by atoms with Gasteiger partial charge in [0.15, 0.2) is 12.4 Å². The van der Waals surface area contributed by atoms with Crippen molar-refractivity contribution in [3.8, 4) is 12.4 Å². The molecule has 0 aromatic carbocycles. The second-order valence-corrected chi connectivity index (χ2v) is 0.349. The summed E-state index contributed by atoms with van der Waals surface area (Å²) in [5.74, 6) is 0. The summed E-state index contributed by atoms with van der Waals surface area (Å²) in [7, 11) is 0. The second-order valence-electron chi connectivity index (χ2n) is 0.349. The zero-order valence-electron chi connectivity index (χ0n) is 2.80. The lowest BCUT2D eigenvalue weighted by atomic mass is 11.2. The van der Waals surface area contributed by atoms with Gasteiger partial charge in [-0.1, -0.05) is 0 Å². The monoisotopic (exact) mass is 195 g/mol. The van der Waals surface area contributed by atoms with Crippen LogP contribution < -0.4 is 5.32 Å². The third-order valence-electron chi connectivity index (χ3n) is 0.112. The van der Waals surface area contributed by atoms with Crippen molar-refractivity contribution in [3.05, 3.63) is 0 Å². The van der Waals surface area contributed by atoms with E-state index >= 15 is 0 Å². The molecule has 0 fully saturated rings. The lowest BCUT2D eigenvalue weighted by Gasteiger charge is -1.56. The molecule has 0 aliphatic heterocycles. The Morgan fingerprint density at radius 1 is 1.17 bits per heavy atom. The van der Waals surface area contributed by atoms with E-state index in [1.165, 1.54) is 12.4 Å². The fourth-order valence-corrected chi connectivity index (χ4v) is 0.0250. The van der Waals surface area contributed by atoms with Crippen molar-refractivity contribution < 1.29 is 0 Å². The summed E-state index contributed by atoms with van der Waals surface area (Å²) in [6, 6.07) is 0. The van der Waals surface area contributed by atoms with E-state index in [0.29, 0.717) is 0 Å². The summed E-state index contributed by atoms with van der Waals surface area (Å²) in [6.07, 6.45) is 2.81. The van der Waals surface area contributed by atoms with E-state index in [1.54, 1.807) is 5.32 Å². The standard InChI is InChI=1S/C2HN3.HI/c3-1-5-2-4;/h5H;1H. The molecular formula is C2H2IN3. The molecule has 4 heteroatoms. The Hall–Kier alpha value is -0.490. The van der Waals surface area contributed by atoms with Crippen LogP contribution in [0.1, 0.15) is 0 Å². The first-order valence-electron chi connectivity index (χ1n) is 0.947. The largest absolute Gasteiger partial charge is 0.229 e. The smallest absolute Gasteiger partial charge is 0.190 e. The summed E-state index contributed by atoms with van der Waals surface area (Å²) in [5.41, 5.74) is 0. The number of nitrogens with one attached hydrogen (secondary N) is 1. The maximum Gasteiger partial charge on any atom is 0.190 e. The van der Waals surface area contributed by atoms with Gasteiger partial charge in [0.05, 0.1) is 0 Å².